The zero-order valence-corrected chi connectivity index (χ0v) is 18.7. The normalized spacial score (nSPS) is 22.2. The zero-order valence-electron chi connectivity index (χ0n) is 17.9. The van der Waals surface area contributed by atoms with Gasteiger partial charge in [-0.05, 0) is 50.7 Å². The predicted molar refractivity (Wildman–Crippen MR) is 127 cm³/mol. The molecule has 1 atom stereocenters. The van der Waals surface area contributed by atoms with Crippen LogP contribution in [0.4, 0.5) is 15.8 Å². The van der Waals surface area contributed by atoms with Crippen LogP contribution in [-0.4, -0.2) is 55.0 Å². The second kappa shape index (κ2) is 8.88. The summed E-state index contributed by atoms with van der Waals surface area (Å²) in [6, 6.07) is 12.3. The van der Waals surface area contributed by atoms with Crippen molar-refractivity contribution in [1.29, 1.82) is 0 Å². The maximum Gasteiger partial charge on any atom is 0.257 e. The number of anilines is 2. The van der Waals surface area contributed by atoms with Crippen molar-refractivity contribution in [2.24, 2.45) is 10.7 Å². The third-order valence-electron chi connectivity index (χ3n) is 5.99. The summed E-state index contributed by atoms with van der Waals surface area (Å²) in [4.78, 5) is 22.2. The van der Waals surface area contributed by atoms with Crippen molar-refractivity contribution in [2.75, 3.05) is 49.2 Å². The van der Waals surface area contributed by atoms with E-state index in [-0.39, 0.29) is 11.7 Å². The fourth-order valence-corrected chi connectivity index (χ4v) is 5.06. The number of thioether (sulfide) groups is 1. The van der Waals surface area contributed by atoms with Crippen molar-refractivity contribution in [3.8, 4) is 0 Å². The monoisotopic (exact) mass is 441 g/mol. The Balaban J connectivity index is 1.58. The maximum atomic E-state index is 14.7. The number of hydrogen-bond donors (Lipinski definition) is 2. The van der Waals surface area contributed by atoms with Crippen LogP contribution in [-0.2, 0) is 5.54 Å². The number of likely N-dealkylation sites (N-methyl/N-ethyl adjacent to an activating group) is 1. The Morgan fingerprint density at radius 1 is 1.19 bits per heavy atom. The number of nitrogens with zero attached hydrogens (tertiary/aromatic N) is 3. The summed E-state index contributed by atoms with van der Waals surface area (Å²) >= 11 is 1.48. The van der Waals surface area contributed by atoms with E-state index < -0.39 is 5.54 Å². The van der Waals surface area contributed by atoms with Gasteiger partial charge in [-0.3, -0.25) is 9.79 Å². The van der Waals surface area contributed by atoms with Crippen LogP contribution in [0.25, 0.3) is 0 Å². The smallest absolute Gasteiger partial charge is 0.257 e. The second-order valence-corrected chi connectivity index (χ2v) is 9.39. The lowest BCUT2D eigenvalue weighted by Crippen LogP contribution is -2.45. The highest BCUT2D eigenvalue weighted by Gasteiger charge is 2.32. The quantitative estimate of drug-likeness (QED) is 0.760. The Hall–Kier alpha value is -2.58. The van der Waals surface area contributed by atoms with Crippen molar-refractivity contribution in [2.45, 2.75) is 18.9 Å². The van der Waals surface area contributed by atoms with Gasteiger partial charge in [0.2, 0.25) is 0 Å². The van der Waals surface area contributed by atoms with Gasteiger partial charge in [0.15, 0.2) is 5.17 Å². The SMILES string of the molecule is CN1CCN(c2ccccc2C(=O)Nc2ccc(F)c(C3(C)CCSC(N)=N3)c2)CC1. The number of rotatable bonds is 4. The molecule has 0 saturated carbocycles. The van der Waals surface area contributed by atoms with Crippen LogP contribution in [0.5, 0.6) is 0 Å². The third kappa shape index (κ3) is 4.70. The van der Waals surface area contributed by atoms with Gasteiger partial charge in [0.05, 0.1) is 11.1 Å². The number of hydrogen-bond acceptors (Lipinski definition) is 6. The summed E-state index contributed by atoms with van der Waals surface area (Å²) < 4.78 is 14.7. The number of nitrogens with one attached hydrogen (secondary N) is 1. The van der Waals surface area contributed by atoms with E-state index in [1.54, 1.807) is 12.1 Å². The van der Waals surface area contributed by atoms with Gasteiger partial charge in [-0.25, -0.2) is 4.39 Å². The Labute approximate surface area is 186 Å². The molecule has 6 nitrogen and oxygen atoms in total. The summed E-state index contributed by atoms with van der Waals surface area (Å²) in [5.74, 6) is 0.224. The fourth-order valence-electron chi connectivity index (χ4n) is 4.08. The predicted octanol–water partition coefficient (Wildman–Crippen LogP) is 3.50. The number of nitrogens with two attached hydrogens (primary N) is 1. The number of carbonyl (C=O) groups excluding carboxylic acids is 1. The molecule has 0 radical (unpaired) electrons. The van der Waals surface area contributed by atoms with Crippen molar-refractivity contribution < 1.29 is 9.18 Å². The minimum absolute atomic E-state index is 0.209. The van der Waals surface area contributed by atoms with E-state index >= 15 is 0 Å². The molecule has 31 heavy (non-hydrogen) atoms. The highest BCUT2D eigenvalue weighted by molar-refractivity contribution is 8.13. The van der Waals surface area contributed by atoms with Crippen molar-refractivity contribution in [3.05, 3.63) is 59.4 Å². The number of piperazine rings is 1. The van der Waals surface area contributed by atoms with Crippen LogP contribution in [0.1, 0.15) is 29.3 Å². The van der Waals surface area contributed by atoms with Gasteiger partial charge in [0, 0.05) is 48.9 Å². The Morgan fingerprint density at radius 2 is 1.94 bits per heavy atom. The van der Waals surface area contributed by atoms with Crippen LogP contribution in [0.3, 0.4) is 0 Å². The maximum absolute atomic E-state index is 14.7. The van der Waals surface area contributed by atoms with Crippen LogP contribution in [0.15, 0.2) is 47.5 Å². The van der Waals surface area contributed by atoms with Crippen LogP contribution in [0.2, 0.25) is 0 Å². The van der Waals surface area contributed by atoms with Gasteiger partial charge in [-0.1, -0.05) is 23.9 Å². The molecule has 2 aliphatic heterocycles. The molecule has 1 amide bonds. The lowest BCUT2D eigenvalue weighted by Gasteiger charge is -2.35. The molecule has 0 aromatic heterocycles. The molecule has 1 fully saturated rings. The molecule has 164 valence electrons. The van der Waals surface area contributed by atoms with Gasteiger partial charge < -0.3 is 20.9 Å². The lowest BCUT2D eigenvalue weighted by atomic mass is 9.89. The first-order chi connectivity index (χ1) is 14.9. The van der Waals surface area contributed by atoms with Crippen molar-refractivity contribution >= 4 is 34.2 Å². The first-order valence-electron chi connectivity index (χ1n) is 10.5. The number of amides is 1. The van der Waals surface area contributed by atoms with E-state index in [2.05, 4.69) is 27.2 Å². The summed E-state index contributed by atoms with van der Waals surface area (Å²) in [5, 5.41) is 3.42. The number of benzene rings is 2. The summed E-state index contributed by atoms with van der Waals surface area (Å²) in [7, 11) is 2.10. The summed E-state index contributed by atoms with van der Waals surface area (Å²) in [6.45, 7) is 5.54. The first-order valence-corrected chi connectivity index (χ1v) is 11.5. The third-order valence-corrected chi connectivity index (χ3v) is 6.79. The first kappa shape index (κ1) is 21.6. The van der Waals surface area contributed by atoms with Gasteiger partial charge in [0.1, 0.15) is 5.82 Å². The average molecular weight is 442 g/mol. The van der Waals surface area contributed by atoms with Crippen LogP contribution < -0.4 is 16.0 Å². The molecule has 2 aliphatic rings. The Bertz CT molecular complexity index is 1010. The molecular formula is C23H28FN5OS. The van der Waals surface area contributed by atoms with Crippen molar-refractivity contribution in [3.63, 3.8) is 0 Å². The molecule has 3 N–H and O–H groups in total. The highest BCUT2D eigenvalue weighted by atomic mass is 32.2. The summed E-state index contributed by atoms with van der Waals surface area (Å²) in [5.41, 5.74) is 7.69. The minimum Gasteiger partial charge on any atom is -0.379 e. The average Bonchev–Trinajstić information content (AvgIpc) is 2.75. The Kier molecular flexibility index (Phi) is 6.20. The van der Waals surface area contributed by atoms with Gasteiger partial charge in [-0.15, -0.1) is 0 Å². The fraction of sp³-hybridized carbons (Fsp3) is 0.391. The standard InChI is InChI=1S/C23H28FN5OS/c1-23(9-14-31-22(25)27-23)18-15-16(7-8-19(18)24)26-21(30)17-5-3-4-6-20(17)29-12-10-28(2)11-13-29/h3-8,15H,9-14H2,1-2H3,(H2,25,27)(H,26,30). The number of halogens is 1. The number of carbonyl (C=O) groups is 1. The molecule has 1 unspecified atom stereocenters. The number of para-hydroxylation sites is 1. The molecule has 2 heterocycles. The van der Waals surface area contributed by atoms with Gasteiger partial charge in [0.25, 0.3) is 5.91 Å². The molecule has 0 spiro atoms. The number of aliphatic imine (C=N–C) groups is 1. The Morgan fingerprint density at radius 3 is 2.68 bits per heavy atom. The van der Waals surface area contributed by atoms with Crippen molar-refractivity contribution in [1.82, 2.24) is 4.90 Å². The molecule has 1 saturated heterocycles. The number of amidine groups is 1. The topological polar surface area (TPSA) is 74.0 Å². The van der Waals surface area contributed by atoms with Crippen LogP contribution in [0, 0.1) is 5.82 Å². The highest BCUT2D eigenvalue weighted by Crippen LogP contribution is 2.37. The van der Waals surface area contributed by atoms with E-state index in [1.165, 1.54) is 17.8 Å². The molecule has 0 bridgehead atoms. The molecule has 2 aromatic rings. The minimum atomic E-state index is -0.738. The molecule has 0 aliphatic carbocycles. The summed E-state index contributed by atoms with van der Waals surface area (Å²) in [6.07, 6.45) is 0.679. The molecule has 8 heteroatoms. The van der Waals surface area contributed by atoms with E-state index in [1.807, 2.05) is 31.2 Å². The van der Waals surface area contributed by atoms with Gasteiger partial charge in [-0.2, -0.15) is 0 Å². The lowest BCUT2D eigenvalue weighted by molar-refractivity contribution is 0.102. The zero-order chi connectivity index (χ0) is 22.0. The van der Waals surface area contributed by atoms with E-state index in [0.717, 1.165) is 37.6 Å². The second-order valence-electron chi connectivity index (χ2n) is 8.28. The largest absolute Gasteiger partial charge is 0.379 e. The van der Waals surface area contributed by atoms with Crippen LogP contribution >= 0.6 is 11.8 Å². The van der Waals surface area contributed by atoms with Gasteiger partial charge >= 0.3 is 0 Å². The molecular weight excluding hydrogens is 413 g/mol. The molecule has 4 rings (SSSR count). The van der Waals surface area contributed by atoms with E-state index in [4.69, 9.17) is 5.73 Å². The van der Waals surface area contributed by atoms with E-state index in [9.17, 15) is 9.18 Å². The van der Waals surface area contributed by atoms with E-state index in [0.29, 0.717) is 28.4 Å². The molecule has 2 aromatic carbocycles.